The first-order chi connectivity index (χ1) is 8.63. The Bertz CT molecular complexity index is 401. The van der Waals surface area contributed by atoms with Gasteiger partial charge in [-0.1, -0.05) is 0 Å². The molecule has 100 valence electrons. The van der Waals surface area contributed by atoms with Crippen LogP contribution in [-0.4, -0.2) is 71.8 Å². The minimum absolute atomic E-state index is 0.00866. The molecule has 1 fully saturated rings. The maximum atomic E-state index is 10.5. The highest BCUT2D eigenvalue weighted by atomic mass is 16.5. The summed E-state index contributed by atoms with van der Waals surface area (Å²) in [6, 6.07) is 0.00866. The van der Waals surface area contributed by atoms with Crippen molar-refractivity contribution in [2.75, 3.05) is 40.8 Å². The van der Waals surface area contributed by atoms with Gasteiger partial charge in [-0.2, -0.15) is 0 Å². The van der Waals surface area contributed by atoms with Gasteiger partial charge in [0.15, 0.2) is 0 Å². The van der Waals surface area contributed by atoms with E-state index < -0.39 is 6.10 Å². The summed E-state index contributed by atoms with van der Waals surface area (Å²) in [6.45, 7) is 2.75. The normalized spacial score (nSPS) is 23.9. The predicted octanol–water partition coefficient (Wildman–Crippen LogP) is -0.236. The van der Waals surface area contributed by atoms with Gasteiger partial charge in [-0.05, 0) is 14.1 Å². The molecule has 6 heteroatoms. The highest BCUT2D eigenvalue weighted by Crippen LogP contribution is 2.26. The second kappa shape index (κ2) is 5.60. The average Bonchev–Trinajstić information content (AvgIpc) is 2.40. The summed E-state index contributed by atoms with van der Waals surface area (Å²) >= 11 is 0. The molecule has 0 aromatic carbocycles. The van der Waals surface area contributed by atoms with E-state index in [1.807, 2.05) is 7.05 Å². The molecular formula is C12H20N4O2. The fraction of sp³-hybridized carbons (Fsp3) is 0.667. The van der Waals surface area contributed by atoms with Crippen molar-refractivity contribution in [1.82, 2.24) is 19.8 Å². The molecule has 2 unspecified atom stereocenters. The molecule has 2 heterocycles. The van der Waals surface area contributed by atoms with E-state index in [4.69, 9.17) is 4.74 Å². The minimum Gasteiger partial charge on any atom is -0.480 e. The fourth-order valence-corrected chi connectivity index (χ4v) is 2.26. The van der Waals surface area contributed by atoms with E-state index in [1.54, 1.807) is 12.4 Å². The first-order valence-electron chi connectivity index (χ1n) is 6.05. The number of aliphatic hydroxyl groups excluding tert-OH is 1. The molecular weight excluding hydrogens is 232 g/mol. The highest BCUT2D eigenvalue weighted by molar-refractivity contribution is 5.21. The third-order valence-corrected chi connectivity index (χ3v) is 3.43. The molecule has 0 radical (unpaired) electrons. The lowest BCUT2D eigenvalue weighted by Gasteiger charge is -2.39. The summed E-state index contributed by atoms with van der Waals surface area (Å²) in [7, 11) is 5.61. The van der Waals surface area contributed by atoms with Gasteiger partial charge in [-0.25, -0.2) is 4.98 Å². The first kappa shape index (κ1) is 13.2. The van der Waals surface area contributed by atoms with Gasteiger partial charge in [0.2, 0.25) is 5.88 Å². The highest BCUT2D eigenvalue weighted by Gasteiger charge is 2.32. The Morgan fingerprint density at radius 3 is 2.78 bits per heavy atom. The van der Waals surface area contributed by atoms with Crippen LogP contribution in [0.25, 0.3) is 0 Å². The van der Waals surface area contributed by atoms with Gasteiger partial charge >= 0.3 is 0 Å². The van der Waals surface area contributed by atoms with E-state index in [-0.39, 0.29) is 6.04 Å². The first-order valence-corrected chi connectivity index (χ1v) is 6.05. The number of ether oxygens (including phenoxy) is 1. The van der Waals surface area contributed by atoms with Crippen LogP contribution in [0.15, 0.2) is 12.4 Å². The number of piperazine rings is 1. The van der Waals surface area contributed by atoms with Crippen molar-refractivity contribution in [2.24, 2.45) is 0 Å². The molecule has 1 aliphatic heterocycles. The van der Waals surface area contributed by atoms with Crippen LogP contribution in [0.5, 0.6) is 5.88 Å². The molecule has 1 aromatic heterocycles. The summed E-state index contributed by atoms with van der Waals surface area (Å²) in [5.74, 6) is 0.395. The molecule has 0 saturated carbocycles. The van der Waals surface area contributed by atoms with Crippen molar-refractivity contribution in [3.8, 4) is 5.88 Å². The number of methoxy groups -OCH3 is 1. The van der Waals surface area contributed by atoms with Gasteiger partial charge < -0.3 is 14.7 Å². The molecule has 0 bridgehead atoms. The van der Waals surface area contributed by atoms with Crippen molar-refractivity contribution in [1.29, 1.82) is 0 Å². The van der Waals surface area contributed by atoms with Gasteiger partial charge in [0.25, 0.3) is 0 Å². The Morgan fingerprint density at radius 2 is 2.06 bits per heavy atom. The topological polar surface area (TPSA) is 61.7 Å². The van der Waals surface area contributed by atoms with E-state index in [0.29, 0.717) is 11.6 Å². The smallest absolute Gasteiger partial charge is 0.238 e. The average molecular weight is 252 g/mol. The van der Waals surface area contributed by atoms with Gasteiger partial charge in [-0.3, -0.25) is 9.88 Å². The van der Waals surface area contributed by atoms with Crippen molar-refractivity contribution < 1.29 is 9.84 Å². The monoisotopic (exact) mass is 252 g/mol. The number of likely N-dealkylation sites (N-methyl/N-ethyl adjacent to an activating group) is 2. The number of hydrogen-bond donors (Lipinski definition) is 1. The lowest BCUT2D eigenvalue weighted by atomic mass is 10.0. The Labute approximate surface area is 107 Å². The number of aromatic nitrogens is 2. The maximum Gasteiger partial charge on any atom is 0.238 e. The summed E-state index contributed by atoms with van der Waals surface area (Å²) in [6.07, 6.45) is 2.45. The second-order valence-electron chi connectivity index (χ2n) is 4.71. The Balaban J connectivity index is 2.21. The largest absolute Gasteiger partial charge is 0.480 e. The Kier molecular flexibility index (Phi) is 4.11. The van der Waals surface area contributed by atoms with E-state index in [0.717, 1.165) is 19.6 Å². The molecule has 0 aliphatic carbocycles. The van der Waals surface area contributed by atoms with Gasteiger partial charge in [-0.15, -0.1) is 0 Å². The van der Waals surface area contributed by atoms with Gasteiger partial charge in [0.05, 0.1) is 13.2 Å². The molecule has 0 amide bonds. The third-order valence-electron chi connectivity index (χ3n) is 3.43. The Hall–Kier alpha value is -1.24. The zero-order valence-corrected chi connectivity index (χ0v) is 11.1. The third kappa shape index (κ3) is 2.60. The van der Waals surface area contributed by atoms with E-state index in [1.165, 1.54) is 7.11 Å². The molecule has 2 atom stereocenters. The van der Waals surface area contributed by atoms with Crippen LogP contribution in [0.2, 0.25) is 0 Å². The van der Waals surface area contributed by atoms with Crippen molar-refractivity contribution >= 4 is 0 Å². The van der Waals surface area contributed by atoms with Crippen LogP contribution < -0.4 is 4.74 Å². The molecule has 6 nitrogen and oxygen atoms in total. The van der Waals surface area contributed by atoms with Crippen molar-refractivity contribution in [3.05, 3.63) is 18.1 Å². The van der Waals surface area contributed by atoms with E-state index in [2.05, 4.69) is 26.8 Å². The summed E-state index contributed by atoms with van der Waals surface area (Å²) in [4.78, 5) is 12.6. The van der Waals surface area contributed by atoms with Crippen molar-refractivity contribution in [3.63, 3.8) is 0 Å². The molecule has 0 spiro atoms. The van der Waals surface area contributed by atoms with Gasteiger partial charge in [0, 0.05) is 32.0 Å². The molecule has 1 aliphatic rings. The van der Waals surface area contributed by atoms with E-state index in [9.17, 15) is 5.11 Å². The zero-order valence-electron chi connectivity index (χ0n) is 11.1. The quantitative estimate of drug-likeness (QED) is 0.801. The zero-order chi connectivity index (χ0) is 13.1. The number of aliphatic hydroxyl groups is 1. The molecule has 1 saturated heterocycles. The fourth-order valence-electron chi connectivity index (χ4n) is 2.26. The molecule has 1 N–H and O–H groups in total. The van der Waals surface area contributed by atoms with Crippen LogP contribution >= 0.6 is 0 Å². The molecule has 1 aromatic rings. The lowest BCUT2D eigenvalue weighted by Crippen LogP contribution is -2.52. The standard InChI is InChI=1S/C12H20N4O2/c1-15-6-7-16(2)9(8-15)11(17)10-12(18-3)14-5-4-13-10/h4-5,9,11,17H,6-8H2,1-3H3. The second-order valence-corrected chi connectivity index (χ2v) is 4.71. The summed E-state index contributed by atoms with van der Waals surface area (Å²) in [5.41, 5.74) is 0.507. The number of hydrogen-bond acceptors (Lipinski definition) is 6. The van der Waals surface area contributed by atoms with Crippen molar-refractivity contribution in [2.45, 2.75) is 12.1 Å². The van der Waals surface area contributed by atoms with Crippen LogP contribution in [0.3, 0.4) is 0 Å². The SMILES string of the molecule is COc1nccnc1C(O)C1CN(C)CCN1C. The van der Waals surface area contributed by atoms with Crippen LogP contribution in [-0.2, 0) is 0 Å². The number of rotatable bonds is 3. The van der Waals surface area contributed by atoms with Crippen LogP contribution in [0.1, 0.15) is 11.8 Å². The summed E-state index contributed by atoms with van der Waals surface area (Å²) in [5, 5.41) is 10.5. The number of nitrogens with zero attached hydrogens (tertiary/aromatic N) is 4. The van der Waals surface area contributed by atoms with E-state index >= 15 is 0 Å². The van der Waals surface area contributed by atoms with Crippen LogP contribution in [0.4, 0.5) is 0 Å². The van der Waals surface area contributed by atoms with Gasteiger partial charge in [0.1, 0.15) is 11.8 Å². The summed E-state index contributed by atoms with van der Waals surface area (Å²) < 4.78 is 5.15. The minimum atomic E-state index is -0.693. The predicted molar refractivity (Wildman–Crippen MR) is 67.5 cm³/mol. The molecule has 18 heavy (non-hydrogen) atoms. The van der Waals surface area contributed by atoms with Crippen LogP contribution in [0, 0.1) is 0 Å². The lowest BCUT2D eigenvalue weighted by molar-refractivity contribution is 0.0103. The Morgan fingerprint density at radius 1 is 1.33 bits per heavy atom. The molecule has 2 rings (SSSR count). The maximum absolute atomic E-state index is 10.5.